The van der Waals surface area contributed by atoms with Crippen molar-refractivity contribution in [3.8, 4) is 0 Å². The van der Waals surface area contributed by atoms with Crippen LogP contribution in [-0.2, 0) is 11.2 Å². The van der Waals surface area contributed by atoms with Crippen molar-refractivity contribution in [2.75, 3.05) is 0 Å². The lowest BCUT2D eigenvalue weighted by atomic mass is 9.86. The third-order valence-corrected chi connectivity index (χ3v) is 6.06. The highest BCUT2D eigenvalue weighted by Gasteiger charge is 2.46. The molecule has 5 rings (SSSR count). The number of nitrogens with zero attached hydrogens (tertiary/aromatic N) is 1. The van der Waals surface area contributed by atoms with Gasteiger partial charge in [-0.15, -0.1) is 0 Å². The smallest absolute Gasteiger partial charge is 0.264 e. The molecule has 3 atom stereocenters. The first-order valence-electron chi connectivity index (χ1n) is 10.1. The highest BCUT2D eigenvalue weighted by atomic mass is 35.5. The van der Waals surface area contributed by atoms with Crippen LogP contribution in [0.4, 0.5) is 0 Å². The van der Waals surface area contributed by atoms with E-state index in [1.54, 1.807) is 11.1 Å². The molecule has 2 aliphatic rings. The van der Waals surface area contributed by atoms with Crippen molar-refractivity contribution >= 4 is 23.2 Å². The summed E-state index contributed by atoms with van der Waals surface area (Å²) in [4.78, 5) is 13.0. The molecule has 2 N–H and O–H groups in total. The van der Waals surface area contributed by atoms with Gasteiger partial charge in [0.05, 0.1) is 0 Å². The molecule has 1 saturated heterocycles. The maximum absolute atomic E-state index is 13.0. The van der Waals surface area contributed by atoms with Gasteiger partial charge < -0.3 is 5.32 Å². The molecule has 30 heavy (non-hydrogen) atoms. The average Bonchev–Trinajstić information content (AvgIpc) is 3.14. The maximum Gasteiger partial charge on any atom is 0.264 e. The zero-order valence-electron chi connectivity index (χ0n) is 16.3. The number of hydrazine groups is 1. The third kappa shape index (κ3) is 3.60. The van der Waals surface area contributed by atoms with Crippen LogP contribution in [0.3, 0.4) is 0 Å². The van der Waals surface area contributed by atoms with E-state index in [0.29, 0.717) is 5.02 Å². The molecule has 0 saturated carbocycles. The Hall–Kier alpha value is -3.08. The summed E-state index contributed by atoms with van der Waals surface area (Å²) >= 11 is 6.14. The maximum atomic E-state index is 13.0. The van der Waals surface area contributed by atoms with E-state index < -0.39 is 0 Å². The summed E-state index contributed by atoms with van der Waals surface area (Å²) in [6, 6.07) is 28.4. The van der Waals surface area contributed by atoms with E-state index >= 15 is 0 Å². The van der Waals surface area contributed by atoms with Gasteiger partial charge in [-0.1, -0.05) is 84.4 Å². The number of carbonyl (C=O) groups is 1. The van der Waals surface area contributed by atoms with Crippen LogP contribution >= 0.6 is 11.6 Å². The first kappa shape index (κ1) is 18.9. The van der Waals surface area contributed by atoms with Crippen LogP contribution in [-0.4, -0.2) is 23.1 Å². The Morgan fingerprint density at radius 3 is 2.23 bits per heavy atom. The van der Waals surface area contributed by atoms with Gasteiger partial charge in [-0.05, 0) is 35.2 Å². The lowest BCUT2D eigenvalue weighted by Crippen LogP contribution is -2.52. The predicted octanol–water partition coefficient (Wildman–Crippen LogP) is 4.35. The topological polar surface area (TPSA) is 44.4 Å². The Morgan fingerprint density at radius 1 is 0.867 bits per heavy atom. The zero-order valence-corrected chi connectivity index (χ0v) is 17.1. The van der Waals surface area contributed by atoms with Crippen molar-refractivity contribution in [1.29, 1.82) is 0 Å². The Morgan fingerprint density at radius 2 is 1.53 bits per heavy atom. The monoisotopic (exact) mass is 415 g/mol. The van der Waals surface area contributed by atoms with Crippen molar-refractivity contribution in [3.05, 3.63) is 113 Å². The zero-order chi connectivity index (χ0) is 20.5. The SMILES string of the molecule is O=C1C=C(c2ccccc2)NC2C(c3ccc(Cl)cc3)C(Cc3ccccc3)NN12. The van der Waals surface area contributed by atoms with E-state index in [4.69, 9.17) is 11.6 Å². The number of carbonyl (C=O) groups excluding carboxylic acids is 1. The highest BCUT2D eigenvalue weighted by molar-refractivity contribution is 6.30. The minimum absolute atomic E-state index is 0.0351. The van der Waals surface area contributed by atoms with E-state index in [0.717, 1.165) is 23.2 Å². The Bertz CT molecular complexity index is 1070. The lowest BCUT2D eigenvalue weighted by molar-refractivity contribution is -0.131. The number of fused-ring (bicyclic) bond motifs is 1. The fourth-order valence-electron chi connectivity index (χ4n) is 4.39. The normalized spacial score (nSPS) is 23.0. The molecular weight excluding hydrogens is 394 g/mol. The van der Waals surface area contributed by atoms with E-state index in [1.165, 1.54) is 5.56 Å². The van der Waals surface area contributed by atoms with Crippen LogP contribution in [0.2, 0.25) is 5.02 Å². The Balaban J connectivity index is 1.51. The number of benzene rings is 3. The van der Waals surface area contributed by atoms with E-state index in [1.807, 2.05) is 60.7 Å². The van der Waals surface area contributed by atoms with Gasteiger partial charge in [0.15, 0.2) is 0 Å². The van der Waals surface area contributed by atoms with Crippen molar-refractivity contribution in [3.63, 3.8) is 0 Å². The van der Waals surface area contributed by atoms with Gasteiger partial charge in [0.2, 0.25) is 0 Å². The molecule has 0 radical (unpaired) electrons. The van der Waals surface area contributed by atoms with Crippen LogP contribution in [0.15, 0.2) is 91.0 Å². The van der Waals surface area contributed by atoms with Crippen molar-refractivity contribution < 1.29 is 4.79 Å². The molecule has 0 aliphatic carbocycles. The van der Waals surface area contributed by atoms with Crippen LogP contribution in [0.5, 0.6) is 0 Å². The summed E-state index contributed by atoms with van der Waals surface area (Å²) < 4.78 is 0. The number of halogens is 1. The molecule has 3 aromatic carbocycles. The Kier molecular flexibility index (Phi) is 5.03. The van der Waals surface area contributed by atoms with Gasteiger partial charge >= 0.3 is 0 Å². The molecule has 2 heterocycles. The van der Waals surface area contributed by atoms with E-state index in [9.17, 15) is 4.79 Å². The summed E-state index contributed by atoms with van der Waals surface area (Å²) in [7, 11) is 0. The minimum Gasteiger partial charge on any atom is -0.363 e. The molecule has 0 bridgehead atoms. The summed E-state index contributed by atoms with van der Waals surface area (Å²) in [6.45, 7) is 0. The van der Waals surface area contributed by atoms with Crippen LogP contribution in [0.25, 0.3) is 5.70 Å². The number of nitrogens with one attached hydrogen (secondary N) is 2. The molecule has 1 fully saturated rings. The van der Waals surface area contributed by atoms with Gasteiger partial charge in [-0.3, -0.25) is 9.80 Å². The molecule has 3 aromatic rings. The molecule has 2 aliphatic heterocycles. The highest BCUT2D eigenvalue weighted by Crippen LogP contribution is 2.36. The van der Waals surface area contributed by atoms with Gasteiger partial charge in [0.1, 0.15) is 6.17 Å². The largest absolute Gasteiger partial charge is 0.363 e. The fraction of sp³-hybridized carbons (Fsp3) is 0.160. The molecule has 0 aromatic heterocycles. The molecule has 4 nitrogen and oxygen atoms in total. The molecule has 0 spiro atoms. The summed E-state index contributed by atoms with van der Waals surface area (Å²) in [6.07, 6.45) is 2.30. The fourth-order valence-corrected chi connectivity index (χ4v) is 4.52. The standard InChI is InChI=1S/C25H22ClN3O/c26-20-13-11-19(12-14-20)24-22(15-17-7-3-1-4-8-17)28-29-23(30)16-21(27-25(24)29)18-9-5-2-6-10-18/h1-14,16,22,24-25,27-28H,15H2. The quantitative estimate of drug-likeness (QED) is 0.665. The second-order valence-corrected chi connectivity index (χ2v) is 8.16. The summed E-state index contributed by atoms with van der Waals surface area (Å²) in [5.41, 5.74) is 7.71. The van der Waals surface area contributed by atoms with Crippen LogP contribution in [0.1, 0.15) is 22.6 Å². The third-order valence-electron chi connectivity index (χ3n) is 5.80. The van der Waals surface area contributed by atoms with Crippen molar-refractivity contribution in [1.82, 2.24) is 15.8 Å². The van der Waals surface area contributed by atoms with Gasteiger partial charge in [0, 0.05) is 28.8 Å². The lowest BCUT2D eigenvalue weighted by Gasteiger charge is -2.33. The second-order valence-electron chi connectivity index (χ2n) is 7.72. The molecular formula is C25H22ClN3O. The molecule has 3 unspecified atom stereocenters. The van der Waals surface area contributed by atoms with E-state index in [2.05, 4.69) is 35.0 Å². The van der Waals surface area contributed by atoms with Crippen LogP contribution in [0, 0.1) is 0 Å². The van der Waals surface area contributed by atoms with Gasteiger partial charge in [0.25, 0.3) is 5.91 Å². The first-order chi connectivity index (χ1) is 14.7. The summed E-state index contributed by atoms with van der Waals surface area (Å²) in [5.74, 6) is 0.0333. The first-order valence-corrected chi connectivity index (χ1v) is 10.5. The molecule has 150 valence electrons. The van der Waals surface area contributed by atoms with E-state index in [-0.39, 0.29) is 24.0 Å². The predicted molar refractivity (Wildman–Crippen MR) is 119 cm³/mol. The number of rotatable bonds is 4. The number of amides is 1. The van der Waals surface area contributed by atoms with Crippen molar-refractivity contribution in [2.24, 2.45) is 0 Å². The number of hydrogen-bond donors (Lipinski definition) is 2. The second kappa shape index (κ2) is 7.98. The number of hydrogen-bond acceptors (Lipinski definition) is 3. The molecule has 5 heteroatoms. The minimum atomic E-state index is -0.187. The summed E-state index contributed by atoms with van der Waals surface area (Å²) in [5, 5.41) is 6.05. The van der Waals surface area contributed by atoms with Crippen LogP contribution < -0.4 is 10.7 Å². The average molecular weight is 416 g/mol. The van der Waals surface area contributed by atoms with Gasteiger partial charge in [-0.2, -0.15) is 0 Å². The Labute approximate surface area is 181 Å². The van der Waals surface area contributed by atoms with Gasteiger partial charge in [-0.25, -0.2) is 5.43 Å². The van der Waals surface area contributed by atoms with Crippen molar-refractivity contribution in [2.45, 2.75) is 24.5 Å². The molecule has 1 amide bonds.